The van der Waals surface area contributed by atoms with Crippen molar-refractivity contribution in [3.63, 3.8) is 0 Å². The third kappa shape index (κ3) is 2.98. The zero-order valence-electron chi connectivity index (χ0n) is 10.2. The van der Waals surface area contributed by atoms with Gasteiger partial charge in [0, 0.05) is 10.6 Å². The maximum atomic E-state index is 6.11. The van der Waals surface area contributed by atoms with Crippen LogP contribution in [-0.4, -0.2) is 10.1 Å². The van der Waals surface area contributed by atoms with Crippen LogP contribution in [0.15, 0.2) is 45.1 Å². The molecule has 0 aliphatic heterocycles. The molecule has 0 bridgehead atoms. The van der Waals surface area contributed by atoms with Crippen LogP contribution < -0.4 is 5.73 Å². The standard InChI is InChI=1S/C13H10ClN3OS2/c14-9-4-3-8(15)6-11(9)20-7-12-16-13(17-18-12)10-2-1-5-19-10/h1-6H,7,15H2. The summed E-state index contributed by atoms with van der Waals surface area (Å²) in [4.78, 5) is 6.26. The number of nitrogens with two attached hydrogens (primary N) is 1. The second kappa shape index (κ2) is 5.87. The number of thioether (sulfide) groups is 1. The molecular weight excluding hydrogens is 314 g/mol. The molecule has 0 saturated carbocycles. The molecule has 2 N–H and O–H groups in total. The Morgan fingerprint density at radius 2 is 2.25 bits per heavy atom. The Balaban J connectivity index is 1.71. The molecule has 0 saturated heterocycles. The van der Waals surface area contributed by atoms with Crippen molar-refractivity contribution in [2.75, 3.05) is 5.73 Å². The number of benzene rings is 1. The van der Waals surface area contributed by atoms with Gasteiger partial charge in [0.05, 0.1) is 15.7 Å². The molecule has 20 heavy (non-hydrogen) atoms. The molecule has 2 heterocycles. The number of hydrogen-bond donors (Lipinski definition) is 1. The average molecular weight is 324 g/mol. The van der Waals surface area contributed by atoms with Gasteiger partial charge in [-0.2, -0.15) is 4.98 Å². The van der Waals surface area contributed by atoms with Crippen LogP contribution in [0, 0.1) is 0 Å². The zero-order chi connectivity index (χ0) is 13.9. The van der Waals surface area contributed by atoms with Gasteiger partial charge in [-0.1, -0.05) is 22.8 Å². The van der Waals surface area contributed by atoms with Crippen molar-refractivity contribution in [2.24, 2.45) is 0 Å². The maximum absolute atomic E-state index is 6.11. The fraction of sp³-hybridized carbons (Fsp3) is 0.0769. The average Bonchev–Trinajstić information content (AvgIpc) is 3.09. The Bertz CT molecular complexity index is 712. The van der Waals surface area contributed by atoms with Crippen molar-refractivity contribution in [2.45, 2.75) is 10.6 Å². The number of rotatable bonds is 4. The Kier molecular flexibility index (Phi) is 3.95. The van der Waals surface area contributed by atoms with Crippen LogP contribution >= 0.6 is 34.7 Å². The third-order valence-electron chi connectivity index (χ3n) is 2.52. The van der Waals surface area contributed by atoms with E-state index in [9.17, 15) is 0 Å². The Labute approximate surface area is 129 Å². The third-order valence-corrected chi connectivity index (χ3v) is 4.86. The lowest BCUT2D eigenvalue weighted by Gasteiger charge is -2.02. The van der Waals surface area contributed by atoms with Crippen molar-refractivity contribution in [3.8, 4) is 10.7 Å². The number of thiophene rings is 1. The lowest BCUT2D eigenvalue weighted by Crippen LogP contribution is -1.86. The minimum Gasteiger partial charge on any atom is -0.399 e. The molecule has 102 valence electrons. The van der Waals surface area contributed by atoms with Gasteiger partial charge in [-0.15, -0.1) is 23.1 Å². The van der Waals surface area contributed by atoms with Crippen LogP contribution in [0.3, 0.4) is 0 Å². The van der Waals surface area contributed by atoms with Gasteiger partial charge in [-0.3, -0.25) is 0 Å². The molecule has 0 amide bonds. The van der Waals surface area contributed by atoms with E-state index in [0.29, 0.717) is 28.2 Å². The number of nitrogens with zero attached hydrogens (tertiary/aromatic N) is 2. The predicted octanol–water partition coefficient (Wildman–Crippen LogP) is 4.33. The van der Waals surface area contributed by atoms with E-state index in [-0.39, 0.29) is 0 Å². The van der Waals surface area contributed by atoms with E-state index < -0.39 is 0 Å². The van der Waals surface area contributed by atoms with Crippen molar-refractivity contribution in [3.05, 3.63) is 46.6 Å². The van der Waals surface area contributed by atoms with Crippen LogP contribution in [0.5, 0.6) is 0 Å². The van der Waals surface area contributed by atoms with Gasteiger partial charge in [0.2, 0.25) is 11.7 Å². The lowest BCUT2D eigenvalue weighted by molar-refractivity contribution is 0.392. The van der Waals surface area contributed by atoms with Crippen LogP contribution in [0.1, 0.15) is 5.89 Å². The van der Waals surface area contributed by atoms with E-state index in [2.05, 4.69) is 10.1 Å². The van der Waals surface area contributed by atoms with E-state index in [0.717, 1.165) is 9.77 Å². The highest BCUT2D eigenvalue weighted by Gasteiger charge is 2.10. The van der Waals surface area contributed by atoms with E-state index in [1.807, 2.05) is 23.6 Å². The maximum Gasteiger partial charge on any atom is 0.237 e. The molecular formula is C13H10ClN3OS2. The van der Waals surface area contributed by atoms with E-state index in [1.165, 1.54) is 11.8 Å². The highest BCUT2D eigenvalue weighted by atomic mass is 35.5. The first kappa shape index (κ1) is 13.5. The van der Waals surface area contributed by atoms with Gasteiger partial charge in [0.1, 0.15) is 0 Å². The Morgan fingerprint density at radius 3 is 3.05 bits per heavy atom. The summed E-state index contributed by atoms with van der Waals surface area (Å²) >= 11 is 9.21. The first-order valence-electron chi connectivity index (χ1n) is 5.76. The predicted molar refractivity (Wildman–Crippen MR) is 83.0 cm³/mol. The van der Waals surface area contributed by atoms with Gasteiger partial charge in [-0.05, 0) is 29.6 Å². The van der Waals surface area contributed by atoms with Crippen molar-refractivity contribution < 1.29 is 4.52 Å². The van der Waals surface area contributed by atoms with Gasteiger partial charge < -0.3 is 10.3 Å². The highest BCUT2D eigenvalue weighted by Crippen LogP contribution is 2.31. The molecule has 2 aromatic heterocycles. The van der Waals surface area contributed by atoms with E-state index in [4.69, 9.17) is 21.9 Å². The molecule has 0 spiro atoms. The fourth-order valence-corrected chi connectivity index (χ4v) is 3.34. The lowest BCUT2D eigenvalue weighted by atomic mass is 10.3. The summed E-state index contributed by atoms with van der Waals surface area (Å²) in [6.45, 7) is 0. The number of halogens is 1. The molecule has 7 heteroatoms. The molecule has 0 fully saturated rings. The first-order valence-corrected chi connectivity index (χ1v) is 8.01. The minimum absolute atomic E-state index is 0.557. The summed E-state index contributed by atoms with van der Waals surface area (Å²) in [5, 5.41) is 6.61. The molecule has 0 atom stereocenters. The number of anilines is 1. The largest absolute Gasteiger partial charge is 0.399 e. The summed E-state index contributed by atoms with van der Waals surface area (Å²) in [7, 11) is 0. The topological polar surface area (TPSA) is 64.9 Å². The monoisotopic (exact) mass is 323 g/mol. The molecule has 1 aromatic carbocycles. The van der Waals surface area contributed by atoms with E-state index >= 15 is 0 Å². The summed E-state index contributed by atoms with van der Waals surface area (Å²) in [5.74, 6) is 1.74. The quantitative estimate of drug-likeness (QED) is 0.572. The molecule has 0 unspecified atom stereocenters. The molecule has 3 rings (SSSR count). The van der Waals surface area contributed by atoms with Crippen LogP contribution in [0.4, 0.5) is 5.69 Å². The van der Waals surface area contributed by atoms with Gasteiger partial charge in [0.15, 0.2) is 0 Å². The van der Waals surface area contributed by atoms with Crippen LogP contribution in [0.25, 0.3) is 10.7 Å². The van der Waals surface area contributed by atoms with Crippen molar-refractivity contribution >= 4 is 40.4 Å². The molecule has 0 aliphatic carbocycles. The van der Waals surface area contributed by atoms with Crippen LogP contribution in [-0.2, 0) is 5.75 Å². The molecule has 0 aliphatic rings. The Hall–Kier alpha value is -1.50. The highest BCUT2D eigenvalue weighted by molar-refractivity contribution is 7.98. The minimum atomic E-state index is 0.557. The summed E-state index contributed by atoms with van der Waals surface area (Å²) in [6, 6.07) is 9.31. The SMILES string of the molecule is Nc1ccc(Cl)c(SCc2nc(-c3cccs3)no2)c1. The summed E-state index contributed by atoms with van der Waals surface area (Å²) in [6.07, 6.45) is 0. The van der Waals surface area contributed by atoms with Crippen molar-refractivity contribution in [1.82, 2.24) is 10.1 Å². The second-order valence-electron chi connectivity index (χ2n) is 3.97. The zero-order valence-corrected chi connectivity index (χ0v) is 12.6. The van der Waals surface area contributed by atoms with Gasteiger partial charge in [-0.25, -0.2) is 0 Å². The van der Waals surface area contributed by atoms with Gasteiger partial charge >= 0.3 is 0 Å². The summed E-state index contributed by atoms with van der Waals surface area (Å²) in [5.41, 5.74) is 6.42. The van der Waals surface area contributed by atoms with Crippen molar-refractivity contribution in [1.29, 1.82) is 0 Å². The normalized spacial score (nSPS) is 10.8. The second-order valence-corrected chi connectivity index (χ2v) is 6.34. The number of aromatic nitrogens is 2. The van der Waals surface area contributed by atoms with Gasteiger partial charge in [0.25, 0.3) is 0 Å². The smallest absolute Gasteiger partial charge is 0.237 e. The molecule has 0 radical (unpaired) electrons. The molecule has 3 aromatic rings. The number of nitrogen functional groups attached to an aromatic ring is 1. The van der Waals surface area contributed by atoms with Crippen LogP contribution in [0.2, 0.25) is 5.02 Å². The Morgan fingerprint density at radius 1 is 1.35 bits per heavy atom. The molecule has 4 nitrogen and oxygen atoms in total. The number of hydrogen-bond acceptors (Lipinski definition) is 6. The first-order chi connectivity index (χ1) is 9.72. The summed E-state index contributed by atoms with van der Waals surface area (Å²) < 4.78 is 5.23. The van der Waals surface area contributed by atoms with E-state index in [1.54, 1.807) is 23.5 Å². The fourth-order valence-electron chi connectivity index (χ4n) is 1.59.